The molecule has 1 rings (SSSR count). The number of aliphatic hydroxyl groups is 1. The Kier molecular flexibility index (Phi) is 6.77. The first-order chi connectivity index (χ1) is 9.47. The van der Waals surface area contributed by atoms with Gasteiger partial charge in [0.1, 0.15) is 4.88 Å². The van der Waals surface area contributed by atoms with E-state index in [4.69, 9.17) is 5.11 Å². The summed E-state index contributed by atoms with van der Waals surface area (Å²) in [5.41, 5.74) is 0.761. The van der Waals surface area contributed by atoms with Crippen LogP contribution in [0.25, 0.3) is 0 Å². The number of carbonyl (C=O) groups excluding carboxylic acids is 1. The number of aliphatic hydroxyl groups excluding tert-OH is 1. The van der Waals surface area contributed by atoms with Gasteiger partial charge in [0.15, 0.2) is 0 Å². The van der Waals surface area contributed by atoms with E-state index < -0.39 is 0 Å². The lowest BCUT2D eigenvalue weighted by molar-refractivity contribution is 0.0733. The molecule has 0 aliphatic heterocycles. The standard InChI is InChI=1S/C16H23NO2S/c1-12(2)11-13(3)17(4)16(19)15-14(8-10-20-15)7-5-6-9-18/h8,10,12-13,18H,6,9,11H2,1-4H3. The Bertz CT molecular complexity index is 496. The molecule has 1 heterocycles. The molecule has 1 unspecified atom stereocenters. The highest BCUT2D eigenvalue weighted by Gasteiger charge is 2.21. The minimum atomic E-state index is 0.0291. The van der Waals surface area contributed by atoms with E-state index in [9.17, 15) is 4.79 Å². The summed E-state index contributed by atoms with van der Waals surface area (Å²) in [6, 6.07) is 2.08. The predicted molar refractivity (Wildman–Crippen MR) is 83.9 cm³/mol. The first-order valence-electron chi connectivity index (χ1n) is 6.91. The van der Waals surface area contributed by atoms with Crippen molar-refractivity contribution in [2.75, 3.05) is 13.7 Å². The quantitative estimate of drug-likeness (QED) is 0.848. The molecule has 4 heteroatoms. The molecule has 3 nitrogen and oxygen atoms in total. The van der Waals surface area contributed by atoms with Gasteiger partial charge in [0, 0.05) is 25.1 Å². The van der Waals surface area contributed by atoms with Crippen LogP contribution in [0.15, 0.2) is 11.4 Å². The predicted octanol–water partition coefficient (Wildman–Crippen LogP) is 2.99. The van der Waals surface area contributed by atoms with Gasteiger partial charge >= 0.3 is 0 Å². The molecule has 1 aromatic heterocycles. The molecule has 1 atom stereocenters. The van der Waals surface area contributed by atoms with E-state index in [1.165, 1.54) is 11.3 Å². The monoisotopic (exact) mass is 293 g/mol. The van der Waals surface area contributed by atoms with Crippen LogP contribution in [-0.2, 0) is 0 Å². The molecule has 0 aliphatic rings. The van der Waals surface area contributed by atoms with E-state index in [0.717, 1.165) is 12.0 Å². The third kappa shape index (κ3) is 4.66. The average Bonchev–Trinajstić information content (AvgIpc) is 2.85. The van der Waals surface area contributed by atoms with Crippen LogP contribution >= 0.6 is 11.3 Å². The van der Waals surface area contributed by atoms with E-state index in [0.29, 0.717) is 17.2 Å². The smallest absolute Gasteiger partial charge is 0.265 e. The molecule has 1 amide bonds. The number of thiophene rings is 1. The summed E-state index contributed by atoms with van der Waals surface area (Å²) in [7, 11) is 1.85. The fourth-order valence-electron chi connectivity index (χ4n) is 1.99. The fourth-order valence-corrected chi connectivity index (χ4v) is 2.82. The molecule has 110 valence electrons. The fraction of sp³-hybridized carbons (Fsp3) is 0.562. The summed E-state index contributed by atoms with van der Waals surface area (Å²) >= 11 is 1.42. The Morgan fingerprint density at radius 3 is 2.75 bits per heavy atom. The van der Waals surface area contributed by atoms with Gasteiger partial charge in [0.25, 0.3) is 5.91 Å². The Morgan fingerprint density at radius 1 is 1.45 bits per heavy atom. The molecule has 0 aromatic carbocycles. The SMILES string of the molecule is CC(C)CC(C)N(C)C(=O)c1sccc1C#CCCO. The molecule has 0 spiro atoms. The van der Waals surface area contributed by atoms with Gasteiger partial charge in [-0.2, -0.15) is 0 Å². The van der Waals surface area contributed by atoms with Crippen LogP contribution in [0, 0.1) is 17.8 Å². The zero-order valence-electron chi connectivity index (χ0n) is 12.6. The maximum absolute atomic E-state index is 12.5. The first kappa shape index (κ1) is 16.7. The minimum Gasteiger partial charge on any atom is -0.395 e. The normalized spacial score (nSPS) is 11.9. The summed E-state index contributed by atoms with van der Waals surface area (Å²) in [5, 5.41) is 10.6. The zero-order valence-corrected chi connectivity index (χ0v) is 13.5. The van der Waals surface area contributed by atoms with Gasteiger partial charge in [-0.05, 0) is 30.7 Å². The van der Waals surface area contributed by atoms with Crippen LogP contribution in [-0.4, -0.2) is 35.6 Å². The van der Waals surface area contributed by atoms with Gasteiger partial charge in [-0.15, -0.1) is 11.3 Å². The number of carbonyl (C=O) groups is 1. The average molecular weight is 293 g/mol. The molecule has 0 saturated heterocycles. The Balaban J connectivity index is 2.83. The van der Waals surface area contributed by atoms with Crippen molar-refractivity contribution < 1.29 is 9.90 Å². The lowest BCUT2D eigenvalue weighted by Gasteiger charge is -2.26. The summed E-state index contributed by atoms with van der Waals surface area (Å²) in [6.07, 6.45) is 1.42. The molecule has 20 heavy (non-hydrogen) atoms. The van der Waals surface area contributed by atoms with Gasteiger partial charge in [-0.3, -0.25) is 4.79 Å². The van der Waals surface area contributed by atoms with E-state index >= 15 is 0 Å². The van der Waals surface area contributed by atoms with Crippen LogP contribution < -0.4 is 0 Å². The minimum absolute atomic E-state index is 0.0291. The van der Waals surface area contributed by atoms with Crippen molar-refractivity contribution in [2.45, 2.75) is 39.7 Å². The maximum atomic E-state index is 12.5. The first-order valence-corrected chi connectivity index (χ1v) is 7.79. The van der Waals surface area contributed by atoms with E-state index in [-0.39, 0.29) is 18.6 Å². The van der Waals surface area contributed by atoms with Crippen molar-refractivity contribution in [3.05, 3.63) is 21.9 Å². The highest BCUT2D eigenvalue weighted by molar-refractivity contribution is 7.12. The third-order valence-corrected chi connectivity index (χ3v) is 4.02. The van der Waals surface area contributed by atoms with Crippen molar-refractivity contribution in [3.63, 3.8) is 0 Å². The Morgan fingerprint density at radius 2 is 2.15 bits per heavy atom. The molecule has 0 bridgehead atoms. The Labute approximate surface area is 125 Å². The number of nitrogens with zero attached hydrogens (tertiary/aromatic N) is 1. The van der Waals surface area contributed by atoms with Crippen LogP contribution in [0.4, 0.5) is 0 Å². The topological polar surface area (TPSA) is 40.5 Å². The largest absolute Gasteiger partial charge is 0.395 e. The Hall–Kier alpha value is -1.31. The number of amides is 1. The molecule has 0 aliphatic carbocycles. The van der Waals surface area contributed by atoms with E-state index in [1.54, 1.807) is 4.90 Å². The second kappa shape index (κ2) is 8.08. The highest BCUT2D eigenvalue weighted by atomic mass is 32.1. The summed E-state index contributed by atoms with van der Waals surface area (Å²) < 4.78 is 0. The molecule has 1 aromatic rings. The maximum Gasteiger partial charge on any atom is 0.265 e. The number of rotatable bonds is 5. The van der Waals surface area contributed by atoms with Crippen molar-refractivity contribution >= 4 is 17.2 Å². The van der Waals surface area contributed by atoms with Crippen LogP contribution in [0.5, 0.6) is 0 Å². The second-order valence-corrected chi connectivity index (χ2v) is 6.25. The van der Waals surface area contributed by atoms with Gasteiger partial charge < -0.3 is 10.0 Å². The lowest BCUT2D eigenvalue weighted by atomic mass is 10.0. The van der Waals surface area contributed by atoms with Gasteiger partial charge in [-0.25, -0.2) is 0 Å². The molecule has 0 fully saturated rings. The van der Waals surface area contributed by atoms with Gasteiger partial charge in [-0.1, -0.05) is 25.7 Å². The molecular weight excluding hydrogens is 270 g/mol. The summed E-state index contributed by atoms with van der Waals surface area (Å²) in [6.45, 7) is 6.44. The van der Waals surface area contributed by atoms with Crippen molar-refractivity contribution in [3.8, 4) is 11.8 Å². The van der Waals surface area contributed by atoms with Gasteiger partial charge in [0.2, 0.25) is 0 Å². The van der Waals surface area contributed by atoms with E-state index in [1.807, 2.05) is 18.5 Å². The highest BCUT2D eigenvalue weighted by Crippen LogP contribution is 2.20. The molecule has 0 radical (unpaired) electrons. The summed E-state index contributed by atoms with van der Waals surface area (Å²) in [5.74, 6) is 6.42. The van der Waals surface area contributed by atoms with Crippen LogP contribution in [0.1, 0.15) is 48.8 Å². The van der Waals surface area contributed by atoms with Crippen molar-refractivity contribution in [1.82, 2.24) is 4.90 Å². The van der Waals surface area contributed by atoms with Crippen molar-refractivity contribution in [2.24, 2.45) is 5.92 Å². The number of hydrogen-bond donors (Lipinski definition) is 1. The van der Waals surface area contributed by atoms with Crippen LogP contribution in [0.2, 0.25) is 0 Å². The zero-order chi connectivity index (χ0) is 15.1. The molecule has 1 N–H and O–H groups in total. The molecular formula is C16H23NO2S. The lowest BCUT2D eigenvalue weighted by Crippen LogP contribution is -2.35. The van der Waals surface area contributed by atoms with Crippen LogP contribution in [0.3, 0.4) is 0 Å². The van der Waals surface area contributed by atoms with E-state index in [2.05, 4.69) is 32.6 Å². The second-order valence-electron chi connectivity index (χ2n) is 5.33. The number of hydrogen-bond acceptors (Lipinski definition) is 3. The summed E-state index contributed by atoms with van der Waals surface area (Å²) in [4.78, 5) is 15.0. The van der Waals surface area contributed by atoms with Crippen molar-refractivity contribution in [1.29, 1.82) is 0 Å². The third-order valence-electron chi connectivity index (χ3n) is 3.11. The molecule has 0 saturated carbocycles. The van der Waals surface area contributed by atoms with Gasteiger partial charge in [0.05, 0.1) is 6.61 Å².